The fraction of sp³-hybridized carbons (Fsp3) is 0.280. The van der Waals surface area contributed by atoms with Crippen molar-refractivity contribution in [1.82, 2.24) is 0 Å². The van der Waals surface area contributed by atoms with E-state index in [4.69, 9.17) is 18.9 Å². The van der Waals surface area contributed by atoms with E-state index < -0.39 is 10.8 Å². The molecule has 0 bridgehead atoms. The Balaban J connectivity index is 2.34. The number of non-ortho nitro benzene ring substituents is 1. The highest BCUT2D eigenvalue weighted by atomic mass is 16.6. The van der Waals surface area contributed by atoms with Crippen LogP contribution < -0.4 is 23.8 Å². The van der Waals surface area contributed by atoms with Crippen molar-refractivity contribution < 1.29 is 23.9 Å². The van der Waals surface area contributed by atoms with Gasteiger partial charge in [0.05, 0.1) is 33.4 Å². The minimum absolute atomic E-state index is 0.0149. The van der Waals surface area contributed by atoms with E-state index in [1.54, 1.807) is 52.7 Å². The summed E-state index contributed by atoms with van der Waals surface area (Å²) < 4.78 is 22.7. The van der Waals surface area contributed by atoms with Gasteiger partial charge in [-0.2, -0.15) is 0 Å². The van der Waals surface area contributed by atoms with Crippen LogP contribution in [0, 0.1) is 10.1 Å². The fourth-order valence-electron chi connectivity index (χ4n) is 3.82. The molecule has 0 saturated carbocycles. The molecule has 0 aliphatic rings. The Morgan fingerprint density at radius 2 is 1.36 bits per heavy atom. The molecule has 0 aliphatic heterocycles. The summed E-state index contributed by atoms with van der Waals surface area (Å²) in [6.45, 7) is 0. The molecule has 1 atom stereocenters. The normalized spacial score (nSPS) is 11.5. The monoisotopic (exact) mass is 452 g/mol. The average Bonchev–Trinajstić information content (AvgIpc) is 2.84. The Labute approximate surface area is 193 Å². The second-order valence-electron chi connectivity index (χ2n) is 7.55. The lowest BCUT2D eigenvalue weighted by molar-refractivity contribution is -0.384. The zero-order valence-corrected chi connectivity index (χ0v) is 19.6. The minimum atomic E-state index is -0.417. The van der Waals surface area contributed by atoms with Crippen molar-refractivity contribution in [2.45, 2.75) is 5.92 Å². The van der Waals surface area contributed by atoms with Gasteiger partial charge in [-0.3, -0.25) is 10.1 Å². The van der Waals surface area contributed by atoms with Crippen LogP contribution in [0.2, 0.25) is 0 Å². The maximum Gasteiger partial charge on any atom is 0.269 e. The van der Waals surface area contributed by atoms with Crippen LogP contribution in [-0.4, -0.2) is 47.5 Å². The number of anilines is 1. The Morgan fingerprint density at radius 3 is 1.82 bits per heavy atom. The number of benzene rings is 3. The van der Waals surface area contributed by atoms with Crippen LogP contribution in [0.1, 0.15) is 22.6 Å². The first-order chi connectivity index (χ1) is 15.8. The lowest BCUT2D eigenvalue weighted by atomic mass is 9.83. The van der Waals surface area contributed by atoms with Crippen LogP contribution in [-0.2, 0) is 0 Å². The summed E-state index contributed by atoms with van der Waals surface area (Å²) in [5, 5.41) is 11.2. The molecule has 0 fully saturated rings. The van der Waals surface area contributed by atoms with Gasteiger partial charge >= 0.3 is 0 Å². The molecule has 0 spiro atoms. The molecule has 8 heteroatoms. The van der Waals surface area contributed by atoms with Gasteiger partial charge in [0.2, 0.25) is 0 Å². The third kappa shape index (κ3) is 4.79. The number of rotatable bonds is 9. The van der Waals surface area contributed by atoms with Crippen molar-refractivity contribution in [3.63, 3.8) is 0 Å². The Kier molecular flexibility index (Phi) is 7.27. The molecule has 0 N–H and O–H groups in total. The summed E-state index contributed by atoms with van der Waals surface area (Å²) in [7, 11) is 10.3. The lowest BCUT2D eigenvalue weighted by Crippen LogP contribution is -2.12. The van der Waals surface area contributed by atoms with Gasteiger partial charge < -0.3 is 23.8 Å². The van der Waals surface area contributed by atoms with Crippen molar-refractivity contribution in [3.8, 4) is 23.0 Å². The SMILES string of the molecule is COc1cc(OC)c(C(c2ccc([N+](=O)[O-])cc2)c2ccc(N(C)C)cc2OC)c(OC)c1. The number of hydrogen-bond acceptors (Lipinski definition) is 7. The molecule has 174 valence electrons. The third-order valence-corrected chi connectivity index (χ3v) is 5.52. The first-order valence-electron chi connectivity index (χ1n) is 10.2. The van der Waals surface area contributed by atoms with Crippen LogP contribution in [0.3, 0.4) is 0 Å². The molecule has 3 aromatic carbocycles. The van der Waals surface area contributed by atoms with E-state index in [2.05, 4.69) is 0 Å². The van der Waals surface area contributed by atoms with E-state index in [9.17, 15) is 10.1 Å². The number of ether oxygens (including phenoxy) is 4. The maximum absolute atomic E-state index is 11.2. The molecular weight excluding hydrogens is 424 g/mol. The number of nitrogens with zero attached hydrogens (tertiary/aromatic N) is 2. The zero-order chi connectivity index (χ0) is 24.1. The highest BCUT2D eigenvalue weighted by Crippen LogP contribution is 2.47. The number of nitro groups is 1. The van der Waals surface area contributed by atoms with Gasteiger partial charge in [-0.25, -0.2) is 0 Å². The Bertz CT molecular complexity index is 1100. The van der Waals surface area contributed by atoms with Crippen molar-refractivity contribution in [1.29, 1.82) is 0 Å². The second-order valence-corrected chi connectivity index (χ2v) is 7.55. The van der Waals surface area contributed by atoms with Gasteiger partial charge in [-0.1, -0.05) is 18.2 Å². The maximum atomic E-state index is 11.2. The lowest BCUT2D eigenvalue weighted by Gasteiger charge is -2.26. The highest BCUT2D eigenvalue weighted by molar-refractivity contribution is 5.63. The molecule has 3 rings (SSSR count). The summed E-state index contributed by atoms with van der Waals surface area (Å²) in [6, 6.07) is 16.0. The summed E-state index contributed by atoms with van der Waals surface area (Å²) in [6.07, 6.45) is 0. The van der Waals surface area contributed by atoms with Crippen LogP contribution >= 0.6 is 0 Å². The highest BCUT2D eigenvalue weighted by Gasteiger charge is 2.29. The first-order valence-corrected chi connectivity index (χ1v) is 10.2. The molecule has 1 unspecified atom stereocenters. The molecule has 0 aromatic heterocycles. The number of nitro benzene ring substituents is 1. The topological polar surface area (TPSA) is 83.3 Å². The van der Waals surface area contributed by atoms with E-state index >= 15 is 0 Å². The van der Waals surface area contributed by atoms with E-state index in [1.807, 2.05) is 37.2 Å². The van der Waals surface area contributed by atoms with Crippen LogP contribution in [0.4, 0.5) is 11.4 Å². The van der Waals surface area contributed by atoms with Crippen molar-refractivity contribution >= 4 is 11.4 Å². The zero-order valence-electron chi connectivity index (χ0n) is 19.6. The molecule has 3 aromatic rings. The van der Waals surface area contributed by atoms with Crippen molar-refractivity contribution in [2.24, 2.45) is 0 Å². The predicted molar refractivity (Wildman–Crippen MR) is 127 cm³/mol. The molecule has 33 heavy (non-hydrogen) atoms. The minimum Gasteiger partial charge on any atom is -0.496 e. The van der Waals surface area contributed by atoms with Gasteiger partial charge in [0.25, 0.3) is 5.69 Å². The number of hydrogen-bond donors (Lipinski definition) is 0. The summed E-state index contributed by atoms with van der Waals surface area (Å²) in [4.78, 5) is 12.8. The Hall–Kier alpha value is -3.94. The molecule has 0 radical (unpaired) electrons. The van der Waals surface area contributed by atoms with E-state index in [1.165, 1.54) is 12.1 Å². The fourth-order valence-corrected chi connectivity index (χ4v) is 3.82. The van der Waals surface area contributed by atoms with Gasteiger partial charge in [-0.05, 0) is 11.6 Å². The van der Waals surface area contributed by atoms with E-state index in [0.717, 1.165) is 22.4 Å². The molecule has 0 aliphatic carbocycles. The average molecular weight is 453 g/mol. The van der Waals surface area contributed by atoms with Crippen molar-refractivity contribution in [3.05, 3.63) is 81.4 Å². The molecular formula is C25H28N2O6. The summed E-state index contributed by atoms with van der Waals surface area (Å²) in [5.41, 5.74) is 3.43. The van der Waals surface area contributed by atoms with Gasteiger partial charge in [0.15, 0.2) is 0 Å². The predicted octanol–water partition coefficient (Wildman–Crippen LogP) is 4.88. The second kappa shape index (κ2) is 10.1. The standard InChI is InChI=1S/C25H28N2O6/c1-26(2)18-11-12-20(21(13-18)31-4)24(16-7-9-17(10-8-16)27(28)29)25-22(32-5)14-19(30-3)15-23(25)33-6/h7-15,24H,1-6H3. The summed E-state index contributed by atoms with van der Waals surface area (Å²) in [5.74, 6) is 1.99. The Morgan fingerprint density at radius 1 is 0.788 bits per heavy atom. The van der Waals surface area contributed by atoms with Gasteiger partial charge in [-0.15, -0.1) is 0 Å². The van der Waals surface area contributed by atoms with Crippen LogP contribution in [0.15, 0.2) is 54.6 Å². The smallest absolute Gasteiger partial charge is 0.269 e. The number of methoxy groups -OCH3 is 4. The van der Waals surface area contributed by atoms with E-state index in [0.29, 0.717) is 23.0 Å². The van der Waals surface area contributed by atoms with Crippen LogP contribution in [0.5, 0.6) is 23.0 Å². The van der Waals surface area contributed by atoms with Crippen molar-refractivity contribution in [2.75, 3.05) is 47.4 Å². The van der Waals surface area contributed by atoms with E-state index in [-0.39, 0.29) is 5.69 Å². The van der Waals surface area contributed by atoms with Gasteiger partial charge in [0.1, 0.15) is 23.0 Å². The molecule has 0 saturated heterocycles. The molecule has 8 nitrogen and oxygen atoms in total. The third-order valence-electron chi connectivity index (χ3n) is 5.52. The largest absolute Gasteiger partial charge is 0.496 e. The molecule has 0 heterocycles. The first kappa shape index (κ1) is 23.7. The van der Waals surface area contributed by atoms with Crippen LogP contribution in [0.25, 0.3) is 0 Å². The molecule has 0 amide bonds. The van der Waals surface area contributed by atoms with Gasteiger partial charge in [0, 0.05) is 67.2 Å². The summed E-state index contributed by atoms with van der Waals surface area (Å²) >= 11 is 0. The quantitative estimate of drug-likeness (QED) is 0.260.